The summed E-state index contributed by atoms with van der Waals surface area (Å²) < 4.78 is 13.6. The molecule has 0 aliphatic rings. The molecular formula is C10H8BrFN2. The van der Waals surface area contributed by atoms with E-state index >= 15 is 0 Å². The Balaban J connectivity index is 2.76. The van der Waals surface area contributed by atoms with Gasteiger partial charge in [-0.15, -0.1) is 0 Å². The van der Waals surface area contributed by atoms with Gasteiger partial charge in [0.25, 0.3) is 0 Å². The fourth-order valence-corrected chi connectivity index (χ4v) is 1.79. The third-order valence-corrected chi connectivity index (χ3v) is 2.58. The number of aryl methyl sites for hydroxylation is 1. The normalized spacial score (nSPS) is 10.8. The van der Waals surface area contributed by atoms with Crippen LogP contribution >= 0.6 is 15.9 Å². The van der Waals surface area contributed by atoms with Crippen LogP contribution in [0.1, 0.15) is 12.7 Å². The molecule has 0 saturated heterocycles. The first-order valence-electron chi connectivity index (χ1n) is 4.32. The second-order valence-electron chi connectivity index (χ2n) is 2.95. The number of hydrogen-bond acceptors (Lipinski definition) is 2. The lowest BCUT2D eigenvalue weighted by atomic mass is 10.2. The lowest BCUT2D eigenvalue weighted by molar-refractivity contribution is 0.629. The Morgan fingerprint density at radius 3 is 2.86 bits per heavy atom. The molecule has 2 rings (SSSR count). The molecule has 0 amide bonds. The molecule has 4 heteroatoms. The number of halogens is 2. The van der Waals surface area contributed by atoms with E-state index in [-0.39, 0.29) is 5.82 Å². The molecule has 0 saturated carbocycles. The third-order valence-electron chi connectivity index (χ3n) is 1.97. The molecule has 0 spiro atoms. The molecule has 0 bridgehead atoms. The van der Waals surface area contributed by atoms with Gasteiger partial charge in [0, 0.05) is 11.8 Å². The van der Waals surface area contributed by atoms with E-state index in [0.29, 0.717) is 9.99 Å². The molecule has 0 atom stereocenters. The van der Waals surface area contributed by atoms with E-state index in [0.717, 1.165) is 17.8 Å². The van der Waals surface area contributed by atoms with Gasteiger partial charge in [0.15, 0.2) is 0 Å². The van der Waals surface area contributed by atoms with Gasteiger partial charge < -0.3 is 0 Å². The second-order valence-corrected chi connectivity index (χ2v) is 3.70. The average Bonchev–Trinajstić information content (AvgIpc) is 2.19. The molecule has 0 fully saturated rings. The highest BCUT2D eigenvalue weighted by Crippen LogP contribution is 2.21. The molecule has 0 aliphatic heterocycles. The van der Waals surface area contributed by atoms with Crippen LogP contribution in [0.5, 0.6) is 0 Å². The monoisotopic (exact) mass is 254 g/mol. The second kappa shape index (κ2) is 3.61. The summed E-state index contributed by atoms with van der Waals surface area (Å²) >= 11 is 3.30. The minimum absolute atomic E-state index is 0.272. The Hall–Kier alpha value is -1.03. The Morgan fingerprint density at radius 2 is 2.14 bits per heavy atom. The highest BCUT2D eigenvalue weighted by atomic mass is 79.9. The van der Waals surface area contributed by atoms with Gasteiger partial charge in [-0.2, -0.15) is 0 Å². The number of fused-ring (bicyclic) bond motifs is 1. The first-order valence-corrected chi connectivity index (χ1v) is 5.11. The molecule has 2 aromatic rings. The van der Waals surface area contributed by atoms with Crippen LogP contribution in [-0.4, -0.2) is 9.97 Å². The maximum atomic E-state index is 12.9. The number of nitrogens with zero attached hydrogens (tertiary/aromatic N) is 2. The number of aromatic nitrogens is 2. The van der Waals surface area contributed by atoms with Crippen molar-refractivity contribution in [3.05, 3.63) is 34.4 Å². The zero-order valence-electron chi connectivity index (χ0n) is 7.59. The van der Waals surface area contributed by atoms with Crippen LogP contribution in [0.3, 0.4) is 0 Å². The minimum atomic E-state index is -0.272. The summed E-state index contributed by atoms with van der Waals surface area (Å²) in [5.41, 5.74) is 0.769. The van der Waals surface area contributed by atoms with Crippen molar-refractivity contribution in [2.75, 3.05) is 0 Å². The number of hydrogen-bond donors (Lipinski definition) is 0. The fourth-order valence-electron chi connectivity index (χ4n) is 1.27. The van der Waals surface area contributed by atoms with Crippen molar-refractivity contribution in [3.63, 3.8) is 0 Å². The molecule has 0 aliphatic carbocycles. The van der Waals surface area contributed by atoms with Crippen LogP contribution in [0.15, 0.2) is 22.8 Å². The van der Waals surface area contributed by atoms with E-state index in [9.17, 15) is 4.39 Å². The van der Waals surface area contributed by atoms with E-state index in [1.807, 2.05) is 6.92 Å². The van der Waals surface area contributed by atoms with Crippen molar-refractivity contribution >= 4 is 26.8 Å². The summed E-state index contributed by atoms with van der Waals surface area (Å²) in [7, 11) is 0. The van der Waals surface area contributed by atoms with Crippen LogP contribution < -0.4 is 0 Å². The van der Waals surface area contributed by atoms with E-state index in [1.54, 1.807) is 6.07 Å². The van der Waals surface area contributed by atoms with Crippen molar-refractivity contribution < 1.29 is 4.39 Å². The van der Waals surface area contributed by atoms with Crippen molar-refractivity contribution in [1.29, 1.82) is 0 Å². The summed E-state index contributed by atoms with van der Waals surface area (Å²) in [4.78, 5) is 8.49. The van der Waals surface area contributed by atoms with Gasteiger partial charge in [0.1, 0.15) is 16.2 Å². The first-order chi connectivity index (χ1) is 6.70. The van der Waals surface area contributed by atoms with Gasteiger partial charge in [0.2, 0.25) is 0 Å². The molecular weight excluding hydrogens is 247 g/mol. The summed E-state index contributed by atoms with van der Waals surface area (Å²) in [6.07, 6.45) is 0.770. The molecule has 0 unspecified atom stereocenters. The predicted molar refractivity (Wildman–Crippen MR) is 56.6 cm³/mol. The summed E-state index contributed by atoms with van der Waals surface area (Å²) in [6, 6.07) is 4.50. The topological polar surface area (TPSA) is 25.8 Å². The zero-order chi connectivity index (χ0) is 10.1. The van der Waals surface area contributed by atoms with Crippen LogP contribution in [-0.2, 0) is 6.42 Å². The average molecular weight is 255 g/mol. The van der Waals surface area contributed by atoms with Crippen LogP contribution in [0, 0.1) is 5.82 Å². The van der Waals surface area contributed by atoms with Gasteiger partial charge in [-0.1, -0.05) is 6.92 Å². The first kappa shape index (κ1) is 9.52. The van der Waals surface area contributed by atoms with Gasteiger partial charge >= 0.3 is 0 Å². The molecule has 1 aromatic heterocycles. The van der Waals surface area contributed by atoms with Crippen molar-refractivity contribution in [2.24, 2.45) is 0 Å². The molecule has 0 radical (unpaired) electrons. The van der Waals surface area contributed by atoms with Gasteiger partial charge in [0.05, 0.1) is 5.52 Å². The Labute approximate surface area is 89.3 Å². The highest BCUT2D eigenvalue weighted by Gasteiger charge is 2.04. The van der Waals surface area contributed by atoms with Gasteiger partial charge in [-0.25, -0.2) is 14.4 Å². The molecule has 14 heavy (non-hydrogen) atoms. The zero-order valence-corrected chi connectivity index (χ0v) is 9.18. The lowest BCUT2D eigenvalue weighted by Gasteiger charge is -2.02. The number of benzene rings is 1. The smallest absolute Gasteiger partial charge is 0.130 e. The van der Waals surface area contributed by atoms with E-state index in [1.165, 1.54) is 12.1 Å². The molecule has 1 heterocycles. The quantitative estimate of drug-likeness (QED) is 0.732. The predicted octanol–water partition coefficient (Wildman–Crippen LogP) is 3.09. The Kier molecular flexibility index (Phi) is 2.46. The molecule has 1 aromatic carbocycles. The van der Waals surface area contributed by atoms with Gasteiger partial charge in [-0.3, -0.25) is 0 Å². The minimum Gasteiger partial charge on any atom is -0.233 e. The maximum absolute atomic E-state index is 12.9. The maximum Gasteiger partial charge on any atom is 0.130 e. The molecule has 0 N–H and O–H groups in total. The van der Waals surface area contributed by atoms with E-state index < -0.39 is 0 Å². The summed E-state index contributed by atoms with van der Waals surface area (Å²) in [5.74, 6) is 0.488. The van der Waals surface area contributed by atoms with Crippen LogP contribution in [0.4, 0.5) is 4.39 Å². The summed E-state index contributed by atoms with van der Waals surface area (Å²) in [6.45, 7) is 1.98. The van der Waals surface area contributed by atoms with Gasteiger partial charge in [-0.05, 0) is 34.1 Å². The SMILES string of the molecule is CCc1nc(Br)c2cc(F)ccc2n1. The van der Waals surface area contributed by atoms with Crippen LogP contribution in [0.25, 0.3) is 10.9 Å². The lowest BCUT2D eigenvalue weighted by Crippen LogP contribution is -1.94. The molecule has 72 valence electrons. The Bertz CT molecular complexity index is 485. The third kappa shape index (κ3) is 1.62. The molecule has 2 nitrogen and oxygen atoms in total. The van der Waals surface area contributed by atoms with E-state index in [4.69, 9.17) is 0 Å². The largest absolute Gasteiger partial charge is 0.233 e. The Morgan fingerprint density at radius 1 is 1.36 bits per heavy atom. The fraction of sp³-hybridized carbons (Fsp3) is 0.200. The van der Waals surface area contributed by atoms with Crippen LogP contribution in [0.2, 0.25) is 0 Å². The number of rotatable bonds is 1. The van der Waals surface area contributed by atoms with E-state index in [2.05, 4.69) is 25.9 Å². The highest BCUT2D eigenvalue weighted by molar-refractivity contribution is 9.10. The van der Waals surface area contributed by atoms with Crippen molar-refractivity contribution in [3.8, 4) is 0 Å². The summed E-state index contributed by atoms with van der Waals surface area (Å²) in [5, 5.41) is 0.710. The van der Waals surface area contributed by atoms with Crippen molar-refractivity contribution in [2.45, 2.75) is 13.3 Å². The standard InChI is InChI=1S/C10H8BrFN2/c1-2-9-13-8-4-3-6(12)5-7(8)10(11)14-9/h3-5H,2H2,1H3. The van der Waals surface area contributed by atoms with Crippen molar-refractivity contribution in [1.82, 2.24) is 9.97 Å².